The Kier molecular flexibility index (Phi) is 13.8. The van der Waals surface area contributed by atoms with Gasteiger partial charge >= 0.3 is 6.18 Å². The number of rotatable bonds is 14. The van der Waals surface area contributed by atoms with Crippen LogP contribution in [0.1, 0.15) is 57.4 Å². The van der Waals surface area contributed by atoms with Crippen LogP contribution >= 0.6 is 8.38 Å². The summed E-state index contributed by atoms with van der Waals surface area (Å²) in [5.74, 6) is -0.984. The van der Waals surface area contributed by atoms with Crippen LogP contribution in [-0.2, 0) is 24.1 Å². The van der Waals surface area contributed by atoms with E-state index < -0.39 is 49.0 Å². The number of nitriles is 1. The van der Waals surface area contributed by atoms with E-state index in [0.717, 1.165) is 5.56 Å². The minimum absolute atomic E-state index is 0.156. The molecule has 1 aromatic carbocycles. The zero-order valence-electron chi connectivity index (χ0n) is 26.8. The lowest BCUT2D eigenvalue weighted by molar-refractivity contribution is -0.145. The molecule has 1 N–H and O–H groups in total. The molecule has 3 rings (SSSR count). The van der Waals surface area contributed by atoms with Gasteiger partial charge in [0.15, 0.2) is 8.38 Å². The van der Waals surface area contributed by atoms with E-state index in [-0.39, 0.29) is 12.5 Å². The molecule has 2 amide bonds. The van der Waals surface area contributed by atoms with Gasteiger partial charge in [0.2, 0.25) is 5.91 Å². The van der Waals surface area contributed by atoms with Gasteiger partial charge in [0, 0.05) is 63.4 Å². The van der Waals surface area contributed by atoms with E-state index in [1.165, 1.54) is 4.90 Å². The van der Waals surface area contributed by atoms with Crippen LogP contribution in [0.2, 0.25) is 0 Å². The second-order valence-corrected chi connectivity index (χ2v) is 13.3. The first-order chi connectivity index (χ1) is 22.0. The molecule has 9 nitrogen and oxygen atoms in total. The zero-order valence-corrected chi connectivity index (χ0v) is 27.7. The molecule has 13 heteroatoms. The Bertz CT molecular complexity index is 1300. The normalized spacial score (nSPS) is 20.3. The first-order valence-corrected chi connectivity index (χ1v) is 16.9. The molecule has 0 radical (unpaired) electrons. The van der Waals surface area contributed by atoms with Crippen molar-refractivity contribution in [1.29, 1.82) is 10.7 Å². The first-order valence-electron chi connectivity index (χ1n) is 15.5. The monoisotopic (exact) mass is 664 g/mol. The van der Waals surface area contributed by atoms with E-state index in [2.05, 4.69) is 12.6 Å². The highest BCUT2D eigenvalue weighted by atomic mass is 31.2. The average Bonchev–Trinajstić information content (AvgIpc) is 3.06. The number of halogens is 3. The zero-order chi connectivity index (χ0) is 33.9. The highest BCUT2D eigenvalue weighted by Gasteiger charge is 2.45. The molecule has 1 aromatic rings. The lowest BCUT2D eigenvalue weighted by Gasteiger charge is -2.45. The SMILES string of the molecule is C=C(C(=O)N1CCCC(C(=O)N2CCC(C#N)(c3ccccc3OCCCP(OC)OC)CC2)C1CCC)/C(=C\C=N)C(F)(F)F. The van der Waals surface area contributed by atoms with Crippen LogP contribution in [0.3, 0.4) is 0 Å². The number of para-hydroxylation sites is 1. The Morgan fingerprint density at radius 2 is 1.87 bits per heavy atom. The highest BCUT2D eigenvalue weighted by molar-refractivity contribution is 7.47. The summed E-state index contributed by atoms with van der Waals surface area (Å²) in [6.07, 6.45) is 0.412. The van der Waals surface area contributed by atoms with E-state index in [0.29, 0.717) is 88.8 Å². The molecule has 2 aliphatic rings. The number of nitrogens with zero attached hydrogens (tertiary/aromatic N) is 3. The fourth-order valence-corrected chi connectivity index (χ4v) is 7.29. The maximum Gasteiger partial charge on any atom is 0.417 e. The predicted octanol–water partition coefficient (Wildman–Crippen LogP) is 6.55. The molecular formula is C33H44F3N4O5P. The molecule has 0 aliphatic carbocycles. The van der Waals surface area contributed by atoms with Gasteiger partial charge in [-0.05, 0) is 50.7 Å². The van der Waals surface area contributed by atoms with Gasteiger partial charge in [-0.2, -0.15) is 18.4 Å². The summed E-state index contributed by atoms with van der Waals surface area (Å²) >= 11 is 0. The van der Waals surface area contributed by atoms with Gasteiger partial charge in [-0.15, -0.1) is 0 Å². The van der Waals surface area contributed by atoms with Crippen molar-refractivity contribution in [3.8, 4) is 11.8 Å². The van der Waals surface area contributed by atoms with Crippen LogP contribution in [0.15, 0.2) is 48.1 Å². The molecule has 2 atom stereocenters. The summed E-state index contributed by atoms with van der Waals surface area (Å²) in [6, 6.07) is 9.39. The summed E-state index contributed by atoms with van der Waals surface area (Å²) in [4.78, 5) is 30.4. The van der Waals surface area contributed by atoms with E-state index in [9.17, 15) is 28.0 Å². The van der Waals surface area contributed by atoms with Crippen LogP contribution in [0.5, 0.6) is 5.75 Å². The van der Waals surface area contributed by atoms with Gasteiger partial charge < -0.3 is 29.0 Å². The van der Waals surface area contributed by atoms with Gasteiger partial charge in [-0.25, -0.2) is 0 Å². The number of benzene rings is 1. The van der Waals surface area contributed by atoms with E-state index in [1.807, 2.05) is 31.2 Å². The Morgan fingerprint density at radius 3 is 2.46 bits per heavy atom. The molecular weight excluding hydrogens is 620 g/mol. The third-order valence-corrected chi connectivity index (χ3v) is 10.3. The van der Waals surface area contributed by atoms with Crippen molar-refractivity contribution >= 4 is 26.4 Å². The number of hydrogen-bond acceptors (Lipinski definition) is 7. The fourth-order valence-electron chi connectivity index (χ4n) is 6.39. The van der Waals surface area contributed by atoms with Crippen LogP contribution < -0.4 is 4.74 Å². The van der Waals surface area contributed by atoms with Gasteiger partial charge in [0.1, 0.15) is 5.75 Å². The molecule has 2 fully saturated rings. The van der Waals surface area contributed by atoms with Crippen molar-refractivity contribution in [2.45, 2.75) is 69.5 Å². The number of piperidine rings is 2. The second-order valence-electron chi connectivity index (χ2n) is 11.5. The van der Waals surface area contributed by atoms with Gasteiger partial charge in [0.05, 0.1) is 29.6 Å². The fraction of sp³-hybridized carbons (Fsp3) is 0.576. The van der Waals surface area contributed by atoms with Crippen LogP contribution in [0.4, 0.5) is 13.2 Å². The minimum atomic E-state index is -4.85. The molecule has 0 bridgehead atoms. The topological polar surface area (TPSA) is 116 Å². The minimum Gasteiger partial charge on any atom is -0.493 e. The lowest BCUT2D eigenvalue weighted by Crippen LogP contribution is -2.55. The average molecular weight is 665 g/mol. The molecule has 0 saturated carbocycles. The summed E-state index contributed by atoms with van der Waals surface area (Å²) in [5, 5.41) is 17.5. The lowest BCUT2D eigenvalue weighted by atomic mass is 9.73. The van der Waals surface area contributed by atoms with Gasteiger partial charge in [-0.3, -0.25) is 9.59 Å². The van der Waals surface area contributed by atoms with Crippen molar-refractivity contribution < 1.29 is 36.5 Å². The summed E-state index contributed by atoms with van der Waals surface area (Å²) < 4.78 is 57.6. The molecule has 252 valence electrons. The molecule has 2 heterocycles. The molecule has 0 spiro atoms. The molecule has 46 heavy (non-hydrogen) atoms. The van der Waals surface area contributed by atoms with Crippen LogP contribution in [0, 0.1) is 22.7 Å². The number of alkyl halides is 3. The Labute approximate surface area is 270 Å². The van der Waals surface area contributed by atoms with Crippen molar-refractivity contribution in [2.75, 3.05) is 46.6 Å². The standard InChI is InChI=1S/C33H44F3N4O5P/c1-5-10-28-25(11-8-18-40(28)30(41)24(2)26(14-17-37)33(34,35)36)31(42)39-19-15-32(23-38,16-20-39)27-12-6-7-13-29(27)45-21-9-22-46(43-3)44-4/h6-7,12-14,17,25,28,37H,2,5,8-11,15-16,18-22H2,1,3-4H3/b26-14+,37-17?. The number of carbonyl (C=O) groups excluding carboxylic acids is 2. The number of likely N-dealkylation sites (tertiary alicyclic amines) is 2. The Morgan fingerprint density at radius 1 is 1.20 bits per heavy atom. The molecule has 2 unspecified atom stereocenters. The third-order valence-electron chi connectivity index (χ3n) is 8.78. The summed E-state index contributed by atoms with van der Waals surface area (Å²) in [7, 11) is 2.25. The van der Waals surface area contributed by atoms with E-state index in [1.54, 1.807) is 19.1 Å². The number of amides is 2. The number of nitrogens with one attached hydrogen (secondary N) is 1. The number of allylic oxidation sites excluding steroid dienone is 1. The van der Waals surface area contributed by atoms with Crippen molar-refractivity contribution in [2.24, 2.45) is 5.92 Å². The van der Waals surface area contributed by atoms with Gasteiger partial charge in [-0.1, -0.05) is 38.1 Å². The van der Waals surface area contributed by atoms with Crippen LogP contribution in [0.25, 0.3) is 0 Å². The molecule has 2 aliphatic heterocycles. The predicted molar refractivity (Wildman–Crippen MR) is 171 cm³/mol. The van der Waals surface area contributed by atoms with E-state index in [4.69, 9.17) is 19.2 Å². The quantitative estimate of drug-likeness (QED) is 0.0794. The van der Waals surface area contributed by atoms with Crippen molar-refractivity contribution in [1.82, 2.24) is 9.80 Å². The Hall–Kier alpha value is -3.26. The summed E-state index contributed by atoms with van der Waals surface area (Å²) in [6.45, 7) is 6.63. The largest absolute Gasteiger partial charge is 0.493 e. The van der Waals surface area contributed by atoms with Crippen molar-refractivity contribution in [3.63, 3.8) is 0 Å². The van der Waals surface area contributed by atoms with Crippen LogP contribution in [-0.4, -0.2) is 86.7 Å². The molecule has 0 aromatic heterocycles. The number of hydrogen-bond donors (Lipinski definition) is 1. The Balaban J connectivity index is 1.74. The summed E-state index contributed by atoms with van der Waals surface area (Å²) in [5.41, 5.74) is -2.08. The maximum absolute atomic E-state index is 14.0. The van der Waals surface area contributed by atoms with Crippen molar-refractivity contribution in [3.05, 3.63) is 53.6 Å². The maximum atomic E-state index is 14.0. The third kappa shape index (κ3) is 8.75. The first kappa shape index (κ1) is 37.2. The van der Waals surface area contributed by atoms with Gasteiger partial charge in [0.25, 0.3) is 5.91 Å². The smallest absolute Gasteiger partial charge is 0.417 e. The number of ether oxygens (including phenoxy) is 1. The number of carbonyl (C=O) groups is 2. The molecule has 2 saturated heterocycles. The van der Waals surface area contributed by atoms with E-state index >= 15 is 0 Å². The highest BCUT2D eigenvalue weighted by Crippen LogP contribution is 2.42. The second kappa shape index (κ2) is 17.1.